The zero-order valence-corrected chi connectivity index (χ0v) is 20.2. The van der Waals surface area contributed by atoms with Crippen LogP contribution in [0.1, 0.15) is 12.5 Å². The van der Waals surface area contributed by atoms with Crippen LogP contribution < -0.4 is 14.6 Å². The van der Waals surface area contributed by atoms with Gasteiger partial charge in [-0.2, -0.15) is 4.57 Å². The summed E-state index contributed by atoms with van der Waals surface area (Å²) in [4.78, 5) is 20.6. The molecule has 0 fully saturated rings. The zero-order chi connectivity index (χ0) is 25.1. The number of hydrogen-bond donors (Lipinski definition) is 2. The molecule has 2 aromatic heterocycles. The van der Waals surface area contributed by atoms with E-state index in [4.69, 9.17) is 4.98 Å². The number of amides is 1. The van der Waals surface area contributed by atoms with Crippen LogP contribution in [0.15, 0.2) is 102 Å². The molecule has 2 N–H and O–H groups in total. The van der Waals surface area contributed by atoms with Crippen LogP contribution in [-0.2, 0) is 21.4 Å². The first-order valence-electron chi connectivity index (χ1n) is 11.2. The number of fused-ring (bicyclic) bond motifs is 1. The molecule has 0 radical (unpaired) electrons. The third-order valence-electron chi connectivity index (χ3n) is 5.41. The van der Waals surface area contributed by atoms with Gasteiger partial charge >= 0.3 is 0 Å². The van der Waals surface area contributed by atoms with Crippen molar-refractivity contribution in [1.82, 2.24) is 14.5 Å². The summed E-state index contributed by atoms with van der Waals surface area (Å²) in [5, 5.41) is 2.62. The maximum Gasteiger partial charge on any atom is 0.270 e. The number of rotatable bonds is 7. The molecule has 10 heteroatoms. The Morgan fingerprint density at radius 3 is 2.28 bits per heavy atom. The Morgan fingerprint density at radius 1 is 0.917 bits per heavy atom. The molecule has 0 bridgehead atoms. The van der Waals surface area contributed by atoms with Crippen LogP contribution in [0, 0.1) is 0 Å². The molecule has 0 aliphatic carbocycles. The molecule has 0 saturated carbocycles. The van der Waals surface area contributed by atoms with Crippen LogP contribution in [0.2, 0.25) is 0 Å². The van der Waals surface area contributed by atoms with E-state index in [1.807, 2.05) is 71.8 Å². The lowest BCUT2D eigenvalue weighted by molar-refractivity contribution is -0.687. The second-order valence-electron chi connectivity index (χ2n) is 8.17. The lowest BCUT2D eigenvalue weighted by atomic mass is 10.2. The van der Waals surface area contributed by atoms with E-state index in [1.54, 1.807) is 10.6 Å². The maximum absolute atomic E-state index is 13.2. The Labute approximate surface area is 208 Å². The average molecular weight is 500 g/mol. The molecule has 2 heterocycles. The van der Waals surface area contributed by atoms with Crippen LogP contribution in [0.3, 0.4) is 0 Å². The minimum Gasteiger partial charge on any atom is -0.326 e. The van der Waals surface area contributed by atoms with Crippen molar-refractivity contribution in [3.05, 3.63) is 103 Å². The summed E-state index contributed by atoms with van der Waals surface area (Å²) in [6, 6.07) is 23.2. The molecule has 36 heavy (non-hydrogen) atoms. The number of anilines is 2. The standard InChI is InChI=1S/C26H22N6O3S/c1-19(33)27-21-11-13-22(14-12-21)36(34,35)30-25-26(29-24-10-6-5-9-23(24)28-25)32-16-15-31(18-32)17-20-7-3-2-4-8-20/h2-16,18H,17H2,1H3,(H-,27,28,30,33)/p+1. The highest BCUT2D eigenvalue weighted by Crippen LogP contribution is 2.24. The smallest absolute Gasteiger partial charge is 0.270 e. The van der Waals surface area contributed by atoms with E-state index >= 15 is 0 Å². The van der Waals surface area contributed by atoms with E-state index in [0.29, 0.717) is 29.1 Å². The molecule has 9 nitrogen and oxygen atoms in total. The number of nitrogens with zero attached hydrogens (tertiary/aromatic N) is 4. The van der Waals surface area contributed by atoms with Crippen LogP contribution in [-0.4, -0.2) is 28.9 Å². The molecule has 0 aliphatic rings. The van der Waals surface area contributed by atoms with Crippen LogP contribution in [0.5, 0.6) is 0 Å². The van der Waals surface area contributed by atoms with Crippen molar-refractivity contribution in [2.24, 2.45) is 0 Å². The normalized spacial score (nSPS) is 11.4. The summed E-state index contributed by atoms with van der Waals surface area (Å²) in [6.07, 6.45) is 5.54. The predicted octanol–water partition coefficient (Wildman–Crippen LogP) is 3.52. The third-order valence-corrected chi connectivity index (χ3v) is 6.77. The number of imidazole rings is 1. The van der Waals surface area contributed by atoms with E-state index in [2.05, 4.69) is 15.0 Å². The largest absolute Gasteiger partial charge is 0.326 e. The van der Waals surface area contributed by atoms with Gasteiger partial charge in [0.15, 0.2) is 0 Å². The molecule has 0 saturated heterocycles. The summed E-state index contributed by atoms with van der Waals surface area (Å²) in [7, 11) is -3.98. The van der Waals surface area contributed by atoms with Gasteiger partial charge in [0.25, 0.3) is 22.2 Å². The van der Waals surface area contributed by atoms with Gasteiger partial charge in [0, 0.05) is 12.6 Å². The summed E-state index contributed by atoms with van der Waals surface area (Å²) in [5.74, 6) is 0.206. The number of hydrogen-bond acceptors (Lipinski definition) is 5. The van der Waals surface area contributed by atoms with Crippen molar-refractivity contribution >= 4 is 38.5 Å². The van der Waals surface area contributed by atoms with Crippen molar-refractivity contribution in [1.29, 1.82) is 0 Å². The second-order valence-corrected chi connectivity index (χ2v) is 9.86. The molecular weight excluding hydrogens is 476 g/mol. The number of carbonyl (C=O) groups is 1. The second kappa shape index (κ2) is 9.59. The third kappa shape index (κ3) is 5.08. The van der Waals surface area contributed by atoms with E-state index in [0.717, 1.165) is 5.56 Å². The van der Waals surface area contributed by atoms with E-state index in [-0.39, 0.29) is 16.6 Å². The van der Waals surface area contributed by atoms with Gasteiger partial charge in [-0.15, -0.1) is 0 Å². The SMILES string of the molecule is CC(=O)Nc1ccc(S(=O)(=O)Nc2nc3ccccc3nc2-n2cc[n+](Cc3ccccc3)c2)cc1. The lowest BCUT2D eigenvalue weighted by Gasteiger charge is -2.11. The summed E-state index contributed by atoms with van der Waals surface area (Å²) in [6.45, 7) is 2.04. The molecule has 0 unspecified atom stereocenters. The van der Waals surface area contributed by atoms with Gasteiger partial charge < -0.3 is 5.32 Å². The van der Waals surface area contributed by atoms with Crippen LogP contribution >= 0.6 is 0 Å². The highest BCUT2D eigenvalue weighted by molar-refractivity contribution is 7.92. The van der Waals surface area contributed by atoms with Gasteiger partial charge in [0.1, 0.15) is 18.9 Å². The fourth-order valence-electron chi connectivity index (χ4n) is 3.75. The number of benzene rings is 3. The van der Waals surface area contributed by atoms with Crippen molar-refractivity contribution in [3.8, 4) is 5.82 Å². The Hall–Kier alpha value is -4.57. The monoisotopic (exact) mass is 499 g/mol. The minimum absolute atomic E-state index is 0.0316. The number of aromatic nitrogens is 4. The molecule has 3 aromatic carbocycles. The van der Waals surface area contributed by atoms with Gasteiger partial charge in [-0.3, -0.25) is 9.52 Å². The molecule has 0 spiro atoms. The topological polar surface area (TPSA) is 110 Å². The molecule has 5 rings (SSSR count). The Bertz CT molecular complexity index is 1650. The molecule has 0 atom stereocenters. The van der Waals surface area contributed by atoms with Gasteiger partial charge in [-0.1, -0.05) is 42.5 Å². The molecule has 0 aliphatic heterocycles. The average Bonchev–Trinajstić information content (AvgIpc) is 3.32. The Morgan fingerprint density at radius 2 is 1.58 bits per heavy atom. The zero-order valence-electron chi connectivity index (χ0n) is 19.4. The molecule has 180 valence electrons. The molecule has 5 aromatic rings. The maximum atomic E-state index is 13.2. The lowest BCUT2D eigenvalue weighted by Crippen LogP contribution is -2.31. The first kappa shape index (κ1) is 23.2. The fourth-order valence-corrected chi connectivity index (χ4v) is 4.76. The molecular formula is C26H23N6O3S+. The first-order valence-corrected chi connectivity index (χ1v) is 12.6. The van der Waals surface area contributed by atoms with Gasteiger partial charge in [0.2, 0.25) is 11.7 Å². The molecule has 1 amide bonds. The summed E-state index contributed by atoms with van der Waals surface area (Å²) < 4.78 is 32.7. The number of carbonyl (C=O) groups excluding carboxylic acids is 1. The van der Waals surface area contributed by atoms with E-state index < -0.39 is 10.0 Å². The van der Waals surface area contributed by atoms with E-state index in [1.165, 1.54) is 31.2 Å². The van der Waals surface area contributed by atoms with Crippen LogP contribution in [0.25, 0.3) is 16.9 Å². The minimum atomic E-state index is -3.98. The highest BCUT2D eigenvalue weighted by atomic mass is 32.2. The summed E-state index contributed by atoms with van der Waals surface area (Å²) in [5.41, 5.74) is 2.83. The van der Waals surface area contributed by atoms with Crippen molar-refractivity contribution in [2.75, 3.05) is 10.0 Å². The number of para-hydroxylation sites is 2. The quantitative estimate of drug-likeness (QED) is 0.333. The highest BCUT2D eigenvalue weighted by Gasteiger charge is 2.23. The Kier molecular flexibility index (Phi) is 6.17. The van der Waals surface area contributed by atoms with Gasteiger partial charge in [-0.05, 0) is 42.0 Å². The van der Waals surface area contributed by atoms with Gasteiger partial charge in [0.05, 0.1) is 15.9 Å². The summed E-state index contributed by atoms with van der Waals surface area (Å²) >= 11 is 0. The fraction of sp³-hybridized carbons (Fsp3) is 0.0769. The number of sulfonamides is 1. The first-order chi connectivity index (χ1) is 17.4. The van der Waals surface area contributed by atoms with Crippen molar-refractivity contribution in [3.63, 3.8) is 0 Å². The van der Waals surface area contributed by atoms with Gasteiger partial charge in [-0.25, -0.2) is 23.0 Å². The number of nitrogens with one attached hydrogen (secondary N) is 2. The Balaban J connectivity index is 1.51. The predicted molar refractivity (Wildman–Crippen MR) is 136 cm³/mol. The van der Waals surface area contributed by atoms with Crippen molar-refractivity contribution < 1.29 is 17.8 Å². The van der Waals surface area contributed by atoms with Crippen LogP contribution in [0.4, 0.5) is 11.5 Å². The van der Waals surface area contributed by atoms with E-state index in [9.17, 15) is 13.2 Å². The van der Waals surface area contributed by atoms with Crippen molar-refractivity contribution in [2.45, 2.75) is 18.4 Å².